The van der Waals surface area contributed by atoms with Gasteiger partial charge in [-0.2, -0.15) is 13.2 Å². The Morgan fingerprint density at radius 2 is 1.84 bits per heavy atom. The Kier molecular flexibility index (Phi) is 6.88. The predicted molar refractivity (Wildman–Crippen MR) is 94.0 cm³/mol. The minimum absolute atomic E-state index is 0.0263. The molecule has 6 heteroatoms. The first-order valence-corrected chi connectivity index (χ1v) is 8.39. The molecule has 0 bridgehead atoms. The summed E-state index contributed by atoms with van der Waals surface area (Å²) in [6.45, 7) is 2.16. The van der Waals surface area contributed by atoms with Crippen LogP contribution in [0.2, 0.25) is 5.02 Å². The van der Waals surface area contributed by atoms with Crippen LogP contribution in [-0.2, 0) is 17.4 Å². The molecule has 0 amide bonds. The smallest absolute Gasteiger partial charge is 0.395 e. The topological polar surface area (TPSA) is 21.6 Å². The molecule has 0 saturated carbocycles. The van der Waals surface area contributed by atoms with Crippen molar-refractivity contribution in [2.75, 3.05) is 6.61 Å². The highest BCUT2D eigenvalue weighted by atomic mass is 35.5. The van der Waals surface area contributed by atoms with Crippen LogP contribution in [0.3, 0.4) is 0 Å². The van der Waals surface area contributed by atoms with Crippen LogP contribution in [-0.4, -0.2) is 12.3 Å². The molecule has 2 aromatic carbocycles. The van der Waals surface area contributed by atoms with Crippen LogP contribution < -0.4 is 0 Å². The lowest BCUT2D eigenvalue weighted by Gasteiger charge is -2.14. The molecule has 0 heterocycles. The lowest BCUT2D eigenvalue weighted by Crippen LogP contribution is -2.14. The monoisotopic (exact) mass is 369 g/mol. The molecule has 0 atom stereocenters. The van der Waals surface area contributed by atoms with Gasteiger partial charge in [0.1, 0.15) is 6.61 Å². The summed E-state index contributed by atoms with van der Waals surface area (Å²) in [4.78, 5) is 5.29. The molecule has 0 unspecified atom stereocenters. The molecule has 0 aliphatic carbocycles. The third kappa shape index (κ3) is 5.78. The average molecular weight is 370 g/mol. The van der Waals surface area contributed by atoms with Crippen LogP contribution >= 0.6 is 11.6 Å². The third-order valence-corrected chi connectivity index (χ3v) is 3.82. The summed E-state index contributed by atoms with van der Waals surface area (Å²) in [5.74, 6) is 0. The van der Waals surface area contributed by atoms with Crippen LogP contribution in [0.15, 0.2) is 53.7 Å². The fraction of sp³-hybridized carbons (Fsp3) is 0.316. The first kappa shape index (κ1) is 19.3. The van der Waals surface area contributed by atoms with Crippen molar-refractivity contribution >= 4 is 17.3 Å². The van der Waals surface area contributed by atoms with E-state index in [1.807, 2.05) is 37.3 Å². The van der Waals surface area contributed by atoms with Crippen molar-refractivity contribution in [1.29, 1.82) is 0 Å². The molecule has 25 heavy (non-hydrogen) atoms. The van der Waals surface area contributed by atoms with E-state index in [1.54, 1.807) is 0 Å². The number of benzene rings is 2. The summed E-state index contributed by atoms with van der Waals surface area (Å²) in [5.41, 5.74) is 0.552. The molecule has 0 aliphatic rings. The van der Waals surface area contributed by atoms with Crippen molar-refractivity contribution < 1.29 is 18.0 Å². The molecule has 2 rings (SSSR count). The highest BCUT2D eigenvalue weighted by Crippen LogP contribution is 2.34. The van der Waals surface area contributed by atoms with Gasteiger partial charge in [0.05, 0.1) is 11.3 Å². The van der Waals surface area contributed by atoms with Crippen molar-refractivity contribution in [2.24, 2.45) is 5.16 Å². The van der Waals surface area contributed by atoms with Crippen molar-refractivity contribution in [1.82, 2.24) is 0 Å². The van der Waals surface area contributed by atoms with Gasteiger partial charge in [0.25, 0.3) is 0 Å². The van der Waals surface area contributed by atoms with E-state index in [-0.39, 0.29) is 16.3 Å². The molecule has 0 saturated heterocycles. The number of halogens is 4. The SMILES string of the molecule is CCCC(=NOCCc1ccccc1)c1cc(Cl)ccc1C(F)(F)F. The normalized spacial score (nSPS) is 12.3. The van der Waals surface area contributed by atoms with Crippen LogP contribution in [0.5, 0.6) is 0 Å². The van der Waals surface area contributed by atoms with Crippen molar-refractivity contribution in [3.05, 3.63) is 70.2 Å². The fourth-order valence-electron chi connectivity index (χ4n) is 2.40. The van der Waals surface area contributed by atoms with Gasteiger partial charge < -0.3 is 4.84 Å². The molecule has 134 valence electrons. The molecule has 0 aromatic heterocycles. The Bertz CT molecular complexity index is 714. The lowest BCUT2D eigenvalue weighted by molar-refractivity contribution is -0.137. The van der Waals surface area contributed by atoms with Gasteiger partial charge in [0, 0.05) is 17.0 Å². The van der Waals surface area contributed by atoms with Crippen LogP contribution in [0.1, 0.15) is 36.5 Å². The van der Waals surface area contributed by atoms with Crippen molar-refractivity contribution in [3.8, 4) is 0 Å². The molecule has 0 radical (unpaired) electrons. The average Bonchev–Trinajstić information content (AvgIpc) is 2.57. The van der Waals surface area contributed by atoms with E-state index in [2.05, 4.69) is 5.16 Å². The zero-order valence-electron chi connectivity index (χ0n) is 13.8. The van der Waals surface area contributed by atoms with Gasteiger partial charge in [-0.3, -0.25) is 0 Å². The first-order valence-electron chi connectivity index (χ1n) is 8.01. The summed E-state index contributed by atoms with van der Waals surface area (Å²) >= 11 is 5.89. The summed E-state index contributed by atoms with van der Waals surface area (Å²) in [6, 6.07) is 13.2. The summed E-state index contributed by atoms with van der Waals surface area (Å²) in [7, 11) is 0. The van der Waals surface area contributed by atoms with Crippen LogP contribution in [0.25, 0.3) is 0 Å². The molecule has 0 N–H and O–H groups in total. The van der Waals surface area contributed by atoms with E-state index in [9.17, 15) is 13.2 Å². The molecule has 2 aromatic rings. The Morgan fingerprint density at radius 3 is 2.48 bits per heavy atom. The predicted octanol–water partition coefficient (Wildman–Crippen LogP) is 6.12. The molecule has 0 aliphatic heterocycles. The standard InChI is InChI=1S/C19H19ClF3NO/c1-2-6-18(24-25-12-11-14-7-4-3-5-8-14)16-13-15(20)9-10-17(16)19(21,22)23/h3-5,7-10,13H,2,6,11-12H2,1H3. The van der Waals surface area contributed by atoms with E-state index in [0.29, 0.717) is 25.9 Å². The van der Waals surface area contributed by atoms with E-state index in [4.69, 9.17) is 16.4 Å². The molecule has 0 fully saturated rings. The van der Waals surface area contributed by atoms with Crippen LogP contribution in [0.4, 0.5) is 13.2 Å². The second kappa shape index (κ2) is 8.90. The maximum Gasteiger partial charge on any atom is 0.417 e. The van der Waals surface area contributed by atoms with Gasteiger partial charge in [-0.05, 0) is 30.2 Å². The Morgan fingerprint density at radius 1 is 1.12 bits per heavy atom. The second-order valence-electron chi connectivity index (χ2n) is 5.54. The number of alkyl halides is 3. The van der Waals surface area contributed by atoms with Crippen molar-refractivity contribution in [2.45, 2.75) is 32.4 Å². The molecular formula is C19H19ClF3NO. The quantitative estimate of drug-likeness (QED) is 0.327. The molecule has 0 spiro atoms. The minimum Gasteiger partial charge on any atom is -0.395 e. The Balaban J connectivity index is 2.18. The zero-order chi connectivity index (χ0) is 18.3. The summed E-state index contributed by atoms with van der Waals surface area (Å²) in [6.07, 6.45) is -2.83. The highest BCUT2D eigenvalue weighted by molar-refractivity contribution is 6.31. The number of oxime groups is 1. The number of nitrogens with zero attached hydrogens (tertiary/aromatic N) is 1. The number of hydrogen-bond acceptors (Lipinski definition) is 2. The third-order valence-electron chi connectivity index (χ3n) is 3.58. The van der Waals surface area contributed by atoms with Gasteiger partial charge in [-0.15, -0.1) is 0 Å². The zero-order valence-corrected chi connectivity index (χ0v) is 14.6. The Hall–Kier alpha value is -2.01. The largest absolute Gasteiger partial charge is 0.417 e. The van der Waals surface area contributed by atoms with Crippen LogP contribution in [0, 0.1) is 0 Å². The van der Waals surface area contributed by atoms with Gasteiger partial charge in [0.15, 0.2) is 0 Å². The van der Waals surface area contributed by atoms with E-state index >= 15 is 0 Å². The van der Waals surface area contributed by atoms with Gasteiger partial charge >= 0.3 is 6.18 Å². The number of rotatable bonds is 7. The maximum absolute atomic E-state index is 13.3. The maximum atomic E-state index is 13.3. The van der Waals surface area contributed by atoms with Gasteiger partial charge in [-0.25, -0.2) is 0 Å². The highest BCUT2D eigenvalue weighted by Gasteiger charge is 2.34. The molecule has 2 nitrogen and oxygen atoms in total. The summed E-state index contributed by atoms with van der Waals surface area (Å²) < 4.78 is 39.8. The van der Waals surface area contributed by atoms with E-state index in [0.717, 1.165) is 11.6 Å². The van der Waals surface area contributed by atoms with Gasteiger partial charge in [-0.1, -0.05) is 60.4 Å². The second-order valence-corrected chi connectivity index (χ2v) is 5.98. The van der Waals surface area contributed by atoms with Crippen molar-refractivity contribution in [3.63, 3.8) is 0 Å². The first-order chi connectivity index (χ1) is 11.9. The Labute approximate surface area is 150 Å². The lowest BCUT2D eigenvalue weighted by atomic mass is 9.99. The van der Waals surface area contributed by atoms with Gasteiger partial charge in [0.2, 0.25) is 0 Å². The van der Waals surface area contributed by atoms with E-state index < -0.39 is 11.7 Å². The number of hydrogen-bond donors (Lipinski definition) is 0. The minimum atomic E-state index is -4.47. The summed E-state index contributed by atoms with van der Waals surface area (Å²) in [5, 5.41) is 4.20. The fourth-order valence-corrected chi connectivity index (χ4v) is 2.57. The van der Waals surface area contributed by atoms with E-state index in [1.165, 1.54) is 12.1 Å². The molecular weight excluding hydrogens is 351 g/mol.